The fourth-order valence-corrected chi connectivity index (χ4v) is 2.42. The second kappa shape index (κ2) is 5.48. The molecule has 1 saturated heterocycles. The molecule has 2 unspecified atom stereocenters. The molecular formula is C12H14F2N2O3. The van der Waals surface area contributed by atoms with E-state index in [4.69, 9.17) is 0 Å². The zero-order chi connectivity index (χ0) is 14.0. The van der Waals surface area contributed by atoms with Gasteiger partial charge in [0.25, 0.3) is 0 Å². The molecular weight excluding hydrogens is 258 g/mol. The zero-order valence-electron chi connectivity index (χ0n) is 10.3. The Morgan fingerprint density at radius 1 is 1.37 bits per heavy atom. The van der Waals surface area contributed by atoms with Crippen LogP contribution in [0.3, 0.4) is 0 Å². The van der Waals surface area contributed by atoms with Crippen molar-refractivity contribution in [3.63, 3.8) is 0 Å². The standard InChI is InChI=1S/C12H14F2N2O3/c1-15-6-10(11(7-15)16(17)18)8-2-4-9(5-3-8)19-12(13)14/h2-5,10-12H,6-7H2,1H3. The number of benzene rings is 1. The summed E-state index contributed by atoms with van der Waals surface area (Å²) < 4.78 is 28.3. The molecule has 0 aliphatic carbocycles. The second-order valence-electron chi connectivity index (χ2n) is 4.63. The van der Waals surface area contributed by atoms with Crippen LogP contribution in [-0.2, 0) is 0 Å². The molecule has 0 saturated carbocycles. The van der Waals surface area contributed by atoms with E-state index in [1.807, 2.05) is 11.9 Å². The van der Waals surface area contributed by atoms with Crippen molar-refractivity contribution in [2.24, 2.45) is 0 Å². The van der Waals surface area contributed by atoms with Gasteiger partial charge in [0, 0.05) is 11.5 Å². The molecule has 1 heterocycles. The van der Waals surface area contributed by atoms with Crippen molar-refractivity contribution in [2.75, 3.05) is 20.1 Å². The van der Waals surface area contributed by atoms with Gasteiger partial charge in [-0.3, -0.25) is 15.0 Å². The van der Waals surface area contributed by atoms with Crippen molar-refractivity contribution in [1.82, 2.24) is 4.90 Å². The van der Waals surface area contributed by atoms with E-state index in [0.717, 1.165) is 5.56 Å². The first-order chi connectivity index (χ1) is 8.97. The fraction of sp³-hybridized carbons (Fsp3) is 0.500. The van der Waals surface area contributed by atoms with Gasteiger partial charge in [-0.05, 0) is 24.7 Å². The van der Waals surface area contributed by atoms with Crippen LogP contribution in [0.1, 0.15) is 11.5 Å². The number of ether oxygens (including phenoxy) is 1. The summed E-state index contributed by atoms with van der Waals surface area (Å²) >= 11 is 0. The molecule has 0 amide bonds. The molecule has 0 radical (unpaired) electrons. The van der Waals surface area contributed by atoms with Gasteiger partial charge in [-0.15, -0.1) is 0 Å². The average Bonchev–Trinajstić information content (AvgIpc) is 2.72. The number of likely N-dealkylation sites (N-methyl/N-ethyl adjacent to an activating group) is 1. The Labute approximate surface area is 108 Å². The van der Waals surface area contributed by atoms with Crippen LogP contribution in [-0.4, -0.2) is 42.6 Å². The first kappa shape index (κ1) is 13.7. The van der Waals surface area contributed by atoms with Crippen LogP contribution in [0.2, 0.25) is 0 Å². The minimum Gasteiger partial charge on any atom is -0.435 e. The molecule has 1 aromatic carbocycles. The second-order valence-corrected chi connectivity index (χ2v) is 4.63. The lowest BCUT2D eigenvalue weighted by molar-refractivity contribution is -0.521. The minimum atomic E-state index is -2.87. The first-order valence-electron chi connectivity index (χ1n) is 5.84. The normalized spacial score (nSPS) is 23.8. The summed E-state index contributed by atoms with van der Waals surface area (Å²) in [5.41, 5.74) is 0.771. The maximum atomic E-state index is 12.0. The highest BCUT2D eigenvalue weighted by atomic mass is 19.3. The minimum absolute atomic E-state index is 0.0581. The zero-order valence-corrected chi connectivity index (χ0v) is 10.3. The molecule has 19 heavy (non-hydrogen) atoms. The van der Waals surface area contributed by atoms with Gasteiger partial charge in [-0.1, -0.05) is 12.1 Å². The predicted molar refractivity (Wildman–Crippen MR) is 64.1 cm³/mol. The number of hydrogen-bond acceptors (Lipinski definition) is 4. The van der Waals surface area contributed by atoms with Crippen LogP contribution in [0.25, 0.3) is 0 Å². The molecule has 2 rings (SSSR count). The highest BCUT2D eigenvalue weighted by Gasteiger charge is 2.40. The summed E-state index contributed by atoms with van der Waals surface area (Å²) in [4.78, 5) is 12.6. The lowest BCUT2D eigenvalue weighted by Gasteiger charge is -2.13. The number of nitro groups is 1. The van der Waals surface area contributed by atoms with E-state index < -0.39 is 12.7 Å². The van der Waals surface area contributed by atoms with E-state index in [0.29, 0.717) is 13.1 Å². The third kappa shape index (κ3) is 3.17. The summed E-state index contributed by atoms with van der Waals surface area (Å²) in [5.74, 6) is -0.164. The Morgan fingerprint density at radius 3 is 2.53 bits per heavy atom. The van der Waals surface area contributed by atoms with E-state index in [-0.39, 0.29) is 16.6 Å². The Morgan fingerprint density at radius 2 is 2.00 bits per heavy atom. The Balaban J connectivity index is 2.14. The maximum Gasteiger partial charge on any atom is 0.387 e. The van der Waals surface area contributed by atoms with Gasteiger partial charge in [0.15, 0.2) is 0 Å². The van der Waals surface area contributed by atoms with Crippen molar-refractivity contribution in [2.45, 2.75) is 18.6 Å². The van der Waals surface area contributed by atoms with E-state index >= 15 is 0 Å². The van der Waals surface area contributed by atoms with Gasteiger partial charge in [-0.25, -0.2) is 0 Å². The number of likely N-dealkylation sites (tertiary alicyclic amines) is 1. The van der Waals surface area contributed by atoms with Crippen LogP contribution in [0.4, 0.5) is 8.78 Å². The van der Waals surface area contributed by atoms with E-state index in [1.54, 1.807) is 12.1 Å². The van der Waals surface area contributed by atoms with Gasteiger partial charge in [0.05, 0.1) is 12.5 Å². The summed E-state index contributed by atoms with van der Waals surface area (Å²) in [6.45, 7) is -1.89. The molecule has 2 atom stereocenters. The van der Waals surface area contributed by atoms with Crippen LogP contribution in [0.5, 0.6) is 5.75 Å². The summed E-state index contributed by atoms with van der Waals surface area (Å²) in [7, 11) is 1.82. The summed E-state index contributed by atoms with van der Waals surface area (Å²) in [6.07, 6.45) is 0. The van der Waals surface area contributed by atoms with Crippen LogP contribution >= 0.6 is 0 Å². The van der Waals surface area contributed by atoms with Gasteiger partial charge in [-0.2, -0.15) is 8.78 Å². The molecule has 0 N–H and O–H groups in total. The average molecular weight is 272 g/mol. The fourth-order valence-electron chi connectivity index (χ4n) is 2.42. The quantitative estimate of drug-likeness (QED) is 0.621. The third-order valence-electron chi connectivity index (χ3n) is 3.28. The lowest BCUT2D eigenvalue weighted by atomic mass is 9.95. The smallest absolute Gasteiger partial charge is 0.387 e. The van der Waals surface area contributed by atoms with E-state index in [1.165, 1.54) is 12.1 Å². The van der Waals surface area contributed by atoms with E-state index in [2.05, 4.69) is 4.74 Å². The van der Waals surface area contributed by atoms with Crippen molar-refractivity contribution in [3.8, 4) is 5.75 Å². The molecule has 1 aliphatic rings. The molecule has 1 aromatic rings. The van der Waals surface area contributed by atoms with Crippen molar-refractivity contribution < 1.29 is 18.4 Å². The molecule has 104 valence electrons. The molecule has 0 aromatic heterocycles. The number of alkyl halides is 2. The summed E-state index contributed by atoms with van der Waals surface area (Å²) in [6, 6.07) is 5.39. The lowest BCUT2D eigenvalue weighted by Crippen LogP contribution is -2.27. The van der Waals surface area contributed by atoms with Crippen LogP contribution < -0.4 is 4.74 Å². The molecule has 5 nitrogen and oxygen atoms in total. The first-order valence-corrected chi connectivity index (χ1v) is 5.84. The Kier molecular flexibility index (Phi) is 3.94. The van der Waals surface area contributed by atoms with Crippen LogP contribution in [0.15, 0.2) is 24.3 Å². The number of nitrogens with zero attached hydrogens (tertiary/aromatic N) is 2. The summed E-state index contributed by atoms with van der Waals surface area (Å²) in [5, 5.41) is 11.0. The molecule has 1 aliphatic heterocycles. The predicted octanol–water partition coefficient (Wildman–Crippen LogP) is 1.96. The highest BCUT2D eigenvalue weighted by molar-refractivity contribution is 5.31. The molecule has 1 fully saturated rings. The van der Waals surface area contributed by atoms with E-state index in [9.17, 15) is 18.9 Å². The number of halogens is 2. The number of hydrogen-bond donors (Lipinski definition) is 0. The highest BCUT2D eigenvalue weighted by Crippen LogP contribution is 2.30. The number of rotatable bonds is 4. The van der Waals surface area contributed by atoms with Gasteiger partial charge in [0.2, 0.25) is 6.04 Å². The van der Waals surface area contributed by atoms with Crippen molar-refractivity contribution >= 4 is 0 Å². The maximum absolute atomic E-state index is 12.0. The topological polar surface area (TPSA) is 55.6 Å². The van der Waals surface area contributed by atoms with Crippen LogP contribution in [0, 0.1) is 10.1 Å². The third-order valence-corrected chi connectivity index (χ3v) is 3.28. The monoisotopic (exact) mass is 272 g/mol. The molecule has 0 spiro atoms. The van der Waals surface area contributed by atoms with Gasteiger partial charge < -0.3 is 4.74 Å². The SMILES string of the molecule is CN1CC(c2ccc(OC(F)F)cc2)C([N+](=O)[O-])C1. The molecule has 7 heteroatoms. The van der Waals surface area contributed by atoms with Crippen molar-refractivity contribution in [3.05, 3.63) is 39.9 Å². The van der Waals surface area contributed by atoms with Gasteiger partial charge >= 0.3 is 6.61 Å². The van der Waals surface area contributed by atoms with Gasteiger partial charge in [0.1, 0.15) is 5.75 Å². The largest absolute Gasteiger partial charge is 0.435 e. The Hall–Kier alpha value is -1.76. The molecule has 0 bridgehead atoms. The Bertz CT molecular complexity index is 453. The van der Waals surface area contributed by atoms with Crippen molar-refractivity contribution in [1.29, 1.82) is 0 Å².